The van der Waals surface area contributed by atoms with Crippen molar-refractivity contribution < 1.29 is 9.90 Å². The number of aliphatic carboxylic acids is 1. The summed E-state index contributed by atoms with van der Waals surface area (Å²) in [6, 6.07) is 0. The number of aromatic nitrogens is 2. The van der Waals surface area contributed by atoms with Gasteiger partial charge < -0.3 is 5.11 Å². The van der Waals surface area contributed by atoms with Gasteiger partial charge >= 0.3 is 5.97 Å². The number of aryl methyl sites for hydroxylation is 2. The van der Waals surface area contributed by atoms with Crippen molar-refractivity contribution in [3.63, 3.8) is 0 Å². The zero-order valence-electron chi connectivity index (χ0n) is 9.70. The summed E-state index contributed by atoms with van der Waals surface area (Å²) < 4.78 is 2.81. The molecule has 0 atom stereocenters. The maximum atomic E-state index is 10.4. The van der Waals surface area contributed by atoms with Gasteiger partial charge in [-0.1, -0.05) is 0 Å². The van der Waals surface area contributed by atoms with Crippen LogP contribution in [0.3, 0.4) is 0 Å². The number of carbonyl (C=O) groups is 1. The van der Waals surface area contributed by atoms with E-state index in [1.165, 1.54) is 0 Å². The maximum Gasteiger partial charge on any atom is 0.304 e. The first-order chi connectivity index (χ1) is 7.41. The molecule has 0 unspecified atom stereocenters. The third-order valence-corrected chi connectivity index (χ3v) is 3.42. The van der Waals surface area contributed by atoms with Gasteiger partial charge in [-0.2, -0.15) is 5.10 Å². The first-order valence-corrected chi connectivity index (χ1v) is 5.79. The Morgan fingerprint density at radius 1 is 1.62 bits per heavy atom. The SMILES string of the molecule is Cc1nn(C)c(CN(C)CCC(=O)O)c1Br. The minimum Gasteiger partial charge on any atom is -0.481 e. The molecular weight excluding hydrogens is 274 g/mol. The maximum absolute atomic E-state index is 10.4. The molecule has 0 spiro atoms. The van der Waals surface area contributed by atoms with Gasteiger partial charge in [0.25, 0.3) is 0 Å². The summed E-state index contributed by atoms with van der Waals surface area (Å²) >= 11 is 3.48. The third kappa shape index (κ3) is 3.31. The fraction of sp³-hybridized carbons (Fsp3) is 0.600. The number of carboxylic acids is 1. The van der Waals surface area contributed by atoms with Crippen molar-refractivity contribution in [2.45, 2.75) is 19.9 Å². The van der Waals surface area contributed by atoms with Crippen LogP contribution < -0.4 is 0 Å². The average molecular weight is 290 g/mol. The minimum atomic E-state index is -0.771. The van der Waals surface area contributed by atoms with Crippen molar-refractivity contribution in [3.8, 4) is 0 Å². The highest BCUT2D eigenvalue weighted by molar-refractivity contribution is 9.10. The van der Waals surface area contributed by atoms with E-state index in [2.05, 4.69) is 21.0 Å². The largest absolute Gasteiger partial charge is 0.481 e. The highest BCUT2D eigenvalue weighted by Gasteiger charge is 2.12. The van der Waals surface area contributed by atoms with E-state index in [0.717, 1.165) is 15.9 Å². The topological polar surface area (TPSA) is 58.4 Å². The standard InChI is InChI=1S/C10H16BrN3O2/c1-7-10(11)8(14(3)12-7)6-13(2)5-4-9(15)16/h4-6H2,1-3H3,(H,15,16). The highest BCUT2D eigenvalue weighted by atomic mass is 79.9. The number of nitrogens with zero attached hydrogens (tertiary/aromatic N) is 3. The van der Waals surface area contributed by atoms with Gasteiger partial charge in [0.15, 0.2) is 0 Å². The van der Waals surface area contributed by atoms with Crippen LogP contribution in [0.15, 0.2) is 4.47 Å². The van der Waals surface area contributed by atoms with Crippen LogP contribution in [0.4, 0.5) is 0 Å². The van der Waals surface area contributed by atoms with Gasteiger partial charge in [-0.25, -0.2) is 0 Å². The van der Waals surface area contributed by atoms with E-state index in [0.29, 0.717) is 13.1 Å². The van der Waals surface area contributed by atoms with Crippen molar-refractivity contribution in [2.24, 2.45) is 7.05 Å². The number of rotatable bonds is 5. The van der Waals surface area contributed by atoms with Gasteiger partial charge in [0.1, 0.15) is 0 Å². The van der Waals surface area contributed by atoms with E-state index in [4.69, 9.17) is 5.11 Å². The highest BCUT2D eigenvalue weighted by Crippen LogP contribution is 2.21. The number of halogens is 1. The van der Waals surface area contributed by atoms with Gasteiger partial charge in [-0.05, 0) is 29.9 Å². The molecule has 1 aromatic heterocycles. The predicted octanol–water partition coefficient (Wildman–Crippen LogP) is 1.40. The summed E-state index contributed by atoms with van der Waals surface area (Å²) in [5.74, 6) is -0.771. The molecule has 5 nitrogen and oxygen atoms in total. The lowest BCUT2D eigenvalue weighted by molar-refractivity contribution is -0.137. The lowest BCUT2D eigenvalue weighted by Crippen LogP contribution is -2.22. The molecule has 0 aliphatic carbocycles. The van der Waals surface area contributed by atoms with Crippen LogP contribution in [-0.2, 0) is 18.4 Å². The summed E-state index contributed by atoms with van der Waals surface area (Å²) in [5, 5.41) is 12.9. The Kier molecular flexibility index (Phi) is 4.49. The summed E-state index contributed by atoms with van der Waals surface area (Å²) in [6.45, 7) is 3.15. The van der Waals surface area contributed by atoms with Crippen LogP contribution in [0.25, 0.3) is 0 Å². The van der Waals surface area contributed by atoms with E-state index in [-0.39, 0.29) is 6.42 Å². The van der Waals surface area contributed by atoms with Crippen LogP contribution >= 0.6 is 15.9 Å². The lowest BCUT2D eigenvalue weighted by atomic mass is 10.3. The summed E-state index contributed by atoms with van der Waals surface area (Å²) in [5.41, 5.74) is 2.01. The Morgan fingerprint density at radius 3 is 2.69 bits per heavy atom. The van der Waals surface area contributed by atoms with Gasteiger partial charge in [-0.3, -0.25) is 14.4 Å². The molecule has 0 fully saturated rings. The predicted molar refractivity (Wildman–Crippen MR) is 64.2 cm³/mol. The molecule has 1 N–H and O–H groups in total. The summed E-state index contributed by atoms with van der Waals surface area (Å²) in [6.07, 6.45) is 0.158. The van der Waals surface area contributed by atoms with Crippen LogP contribution in [0.5, 0.6) is 0 Å². The monoisotopic (exact) mass is 289 g/mol. The Morgan fingerprint density at radius 2 is 2.25 bits per heavy atom. The normalized spacial score (nSPS) is 11.1. The first-order valence-electron chi connectivity index (χ1n) is 5.00. The Bertz CT molecular complexity index is 390. The quantitative estimate of drug-likeness (QED) is 0.890. The van der Waals surface area contributed by atoms with Crippen molar-refractivity contribution in [1.29, 1.82) is 0 Å². The van der Waals surface area contributed by atoms with Gasteiger partial charge in [-0.15, -0.1) is 0 Å². The molecule has 0 amide bonds. The van der Waals surface area contributed by atoms with E-state index in [9.17, 15) is 4.79 Å². The fourth-order valence-electron chi connectivity index (χ4n) is 1.47. The molecule has 0 aromatic carbocycles. The second kappa shape index (κ2) is 5.45. The van der Waals surface area contributed by atoms with E-state index in [1.807, 2.05) is 30.6 Å². The molecule has 6 heteroatoms. The molecule has 0 aliphatic rings. The molecular formula is C10H16BrN3O2. The summed E-state index contributed by atoms with van der Waals surface area (Å²) in [4.78, 5) is 12.4. The van der Waals surface area contributed by atoms with Gasteiger partial charge in [0, 0.05) is 20.1 Å². The molecule has 0 saturated heterocycles. The number of carboxylic acid groups (broad SMARTS) is 1. The smallest absolute Gasteiger partial charge is 0.304 e. The lowest BCUT2D eigenvalue weighted by Gasteiger charge is -2.15. The second-order valence-electron chi connectivity index (χ2n) is 3.85. The van der Waals surface area contributed by atoms with Gasteiger partial charge in [0.2, 0.25) is 0 Å². The molecule has 0 radical (unpaired) electrons. The molecule has 16 heavy (non-hydrogen) atoms. The zero-order chi connectivity index (χ0) is 12.3. The van der Waals surface area contributed by atoms with Crippen molar-refractivity contribution in [1.82, 2.24) is 14.7 Å². The molecule has 90 valence electrons. The second-order valence-corrected chi connectivity index (χ2v) is 4.64. The minimum absolute atomic E-state index is 0.158. The Hall–Kier alpha value is -0.880. The molecule has 1 heterocycles. The fourth-order valence-corrected chi connectivity index (χ4v) is 1.93. The van der Waals surface area contributed by atoms with E-state index in [1.54, 1.807) is 0 Å². The number of hydrogen-bond donors (Lipinski definition) is 1. The third-order valence-electron chi connectivity index (χ3n) is 2.39. The first kappa shape index (κ1) is 13.2. The molecule has 0 bridgehead atoms. The molecule has 1 rings (SSSR count). The Balaban J connectivity index is 2.62. The number of hydrogen-bond acceptors (Lipinski definition) is 3. The van der Waals surface area contributed by atoms with Crippen molar-refractivity contribution in [3.05, 3.63) is 15.9 Å². The van der Waals surface area contributed by atoms with Crippen LogP contribution in [0.2, 0.25) is 0 Å². The summed E-state index contributed by atoms with van der Waals surface area (Å²) in [7, 11) is 3.79. The van der Waals surface area contributed by atoms with Crippen LogP contribution in [0, 0.1) is 6.92 Å². The molecule has 0 saturated carbocycles. The van der Waals surface area contributed by atoms with E-state index >= 15 is 0 Å². The van der Waals surface area contributed by atoms with Crippen molar-refractivity contribution >= 4 is 21.9 Å². The molecule has 1 aromatic rings. The van der Waals surface area contributed by atoms with Crippen molar-refractivity contribution in [2.75, 3.05) is 13.6 Å². The molecule has 0 aliphatic heterocycles. The van der Waals surface area contributed by atoms with Crippen LogP contribution in [-0.4, -0.2) is 39.3 Å². The van der Waals surface area contributed by atoms with E-state index < -0.39 is 5.97 Å². The average Bonchev–Trinajstić information content (AvgIpc) is 2.42. The van der Waals surface area contributed by atoms with Gasteiger partial charge in [0.05, 0.1) is 22.3 Å². The van der Waals surface area contributed by atoms with Crippen LogP contribution in [0.1, 0.15) is 17.8 Å². The Labute approximate surface area is 103 Å². The zero-order valence-corrected chi connectivity index (χ0v) is 11.3.